The molecule has 1 heterocycles. The van der Waals surface area contributed by atoms with Crippen molar-refractivity contribution in [3.8, 4) is 5.69 Å². The molecule has 6 nitrogen and oxygen atoms in total. The quantitative estimate of drug-likeness (QED) is 0.620. The Bertz CT molecular complexity index is 1000. The second kappa shape index (κ2) is 8.74. The number of aromatic nitrogens is 4. The van der Waals surface area contributed by atoms with Gasteiger partial charge in [-0.3, -0.25) is 4.79 Å². The molecule has 3 aromatic rings. The highest BCUT2D eigenvalue weighted by Crippen LogP contribution is 2.23. The molecule has 0 fully saturated rings. The lowest BCUT2D eigenvalue weighted by Crippen LogP contribution is -2.16. The van der Waals surface area contributed by atoms with Crippen LogP contribution in [0.2, 0.25) is 0 Å². The molecule has 0 aliphatic rings. The third-order valence-electron chi connectivity index (χ3n) is 4.43. The van der Waals surface area contributed by atoms with Crippen LogP contribution in [-0.2, 0) is 10.8 Å². The maximum absolute atomic E-state index is 11.3. The average molecular weight is 415 g/mol. The van der Waals surface area contributed by atoms with Crippen LogP contribution >= 0.6 is 11.6 Å². The normalized spacial score (nSPS) is 11.6. The second-order valence-corrected chi connectivity index (χ2v) is 9.16. The molecule has 29 heavy (non-hydrogen) atoms. The van der Waals surface area contributed by atoms with Crippen LogP contribution in [0.4, 0.5) is 0 Å². The van der Waals surface area contributed by atoms with Gasteiger partial charge in [0, 0.05) is 5.56 Å². The lowest BCUT2D eigenvalue weighted by molar-refractivity contribution is 0.108. The molecule has 0 atom stereocenters. The van der Waals surface area contributed by atoms with E-state index >= 15 is 0 Å². The van der Waals surface area contributed by atoms with Crippen molar-refractivity contribution in [1.82, 2.24) is 20.2 Å². The zero-order valence-corrected chi connectivity index (χ0v) is 18.4. The van der Waals surface area contributed by atoms with Crippen molar-refractivity contribution in [2.45, 2.75) is 52.4 Å². The van der Waals surface area contributed by atoms with Gasteiger partial charge in [0.1, 0.15) is 0 Å². The molecule has 0 spiro atoms. The molecule has 3 rings (SSSR count). The maximum Gasteiger partial charge on any atom is 0.365 e. The van der Waals surface area contributed by atoms with E-state index in [1.165, 1.54) is 15.8 Å². The molecule has 0 saturated heterocycles. The number of H-pyrrole nitrogens is 1. The van der Waals surface area contributed by atoms with Crippen LogP contribution in [0.25, 0.3) is 5.69 Å². The summed E-state index contributed by atoms with van der Waals surface area (Å²) in [4.78, 5) is 22.1. The average Bonchev–Trinajstić information content (AvgIpc) is 3.07. The highest BCUT2D eigenvalue weighted by molar-refractivity contribution is 6.67. The van der Waals surface area contributed by atoms with Gasteiger partial charge < -0.3 is 0 Å². The molecule has 0 aliphatic carbocycles. The summed E-state index contributed by atoms with van der Waals surface area (Å²) in [5.41, 5.74) is 3.58. The number of carbonyl (C=O) groups is 1. The molecule has 0 saturated carbocycles. The molecule has 0 amide bonds. The molecule has 154 valence electrons. The lowest BCUT2D eigenvalue weighted by Gasteiger charge is -2.18. The summed E-state index contributed by atoms with van der Waals surface area (Å²) in [5, 5.41) is 8.98. The predicted octanol–water partition coefficient (Wildman–Crippen LogP) is 4.62. The van der Waals surface area contributed by atoms with Crippen molar-refractivity contribution in [3.63, 3.8) is 0 Å². The van der Waals surface area contributed by atoms with Crippen molar-refractivity contribution in [2.75, 3.05) is 0 Å². The minimum atomic E-state index is -0.402. The fraction of sp³-hybridized carbons (Fsp3) is 0.364. The largest absolute Gasteiger partial charge is 0.365 e. The maximum atomic E-state index is 11.3. The van der Waals surface area contributed by atoms with Crippen molar-refractivity contribution in [2.24, 2.45) is 0 Å². The summed E-state index contributed by atoms with van der Waals surface area (Å²) in [7, 11) is 0. The molecule has 0 bridgehead atoms. The molecule has 2 aromatic carbocycles. The van der Waals surface area contributed by atoms with Gasteiger partial charge in [-0.15, -0.1) is 0 Å². The van der Waals surface area contributed by atoms with Gasteiger partial charge in [0.05, 0.1) is 5.69 Å². The second-order valence-electron chi connectivity index (χ2n) is 8.82. The zero-order chi connectivity index (χ0) is 21.8. The topological polar surface area (TPSA) is 80.6 Å². The summed E-state index contributed by atoms with van der Waals surface area (Å²) in [6, 6.07) is 15.1. The molecule has 0 unspecified atom stereocenters. The van der Waals surface area contributed by atoms with Gasteiger partial charge in [-0.05, 0) is 68.3 Å². The summed E-state index contributed by atoms with van der Waals surface area (Å²) >= 11 is 5.33. The van der Waals surface area contributed by atoms with Gasteiger partial charge in [0.15, 0.2) is 0 Å². The number of hydrogen-bond acceptors (Lipinski definition) is 4. The van der Waals surface area contributed by atoms with E-state index in [9.17, 15) is 9.59 Å². The first-order valence-corrected chi connectivity index (χ1v) is 9.69. The van der Waals surface area contributed by atoms with Gasteiger partial charge in [-0.1, -0.05) is 65.8 Å². The van der Waals surface area contributed by atoms with E-state index in [1.807, 2.05) is 36.4 Å². The Morgan fingerprint density at radius 3 is 1.66 bits per heavy atom. The van der Waals surface area contributed by atoms with Gasteiger partial charge in [0.25, 0.3) is 5.24 Å². The van der Waals surface area contributed by atoms with E-state index < -0.39 is 5.24 Å². The Hall–Kier alpha value is -2.73. The number of halogens is 1. The van der Waals surface area contributed by atoms with Crippen LogP contribution in [0.3, 0.4) is 0 Å². The fourth-order valence-corrected chi connectivity index (χ4v) is 2.70. The van der Waals surface area contributed by atoms with Gasteiger partial charge in [-0.25, -0.2) is 9.89 Å². The van der Waals surface area contributed by atoms with Crippen LogP contribution < -0.4 is 5.69 Å². The first kappa shape index (κ1) is 22.6. The Balaban J connectivity index is 0.000000212. The van der Waals surface area contributed by atoms with E-state index in [0.717, 1.165) is 0 Å². The van der Waals surface area contributed by atoms with Crippen molar-refractivity contribution in [1.29, 1.82) is 0 Å². The summed E-state index contributed by atoms with van der Waals surface area (Å²) in [5.74, 6) is 0. The standard InChI is InChI=1S/C11H13ClO.C11H14N4O/c1-11(2,3)9-6-4-8(5-7-9)10(12)13;1-11(2,3)8-4-6-9(7-5-8)15-10(16)12-13-14-15/h4-7H,1-3H3;4-7H,1-3H3,(H,12,14,16). The van der Waals surface area contributed by atoms with E-state index in [1.54, 1.807) is 12.1 Å². The number of tetrazole rings is 1. The number of nitrogens with zero attached hydrogens (tertiary/aromatic N) is 3. The van der Waals surface area contributed by atoms with Gasteiger partial charge in [0.2, 0.25) is 0 Å². The Kier molecular flexibility index (Phi) is 6.80. The molecule has 0 aliphatic heterocycles. The zero-order valence-electron chi connectivity index (χ0n) is 17.7. The molecule has 0 radical (unpaired) electrons. The van der Waals surface area contributed by atoms with Crippen LogP contribution in [0, 0.1) is 0 Å². The Morgan fingerprint density at radius 1 is 0.862 bits per heavy atom. The number of rotatable bonds is 2. The van der Waals surface area contributed by atoms with Crippen LogP contribution in [0.15, 0.2) is 53.3 Å². The number of benzene rings is 2. The summed E-state index contributed by atoms with van der Waals surface area (Å²) < 4.78 is 1.23. The van der Waals surface area contributed by atoms with E-state index in [2.05, 4.69) is 57.1 Å². The third-order valence-corrected chi connectivity index (χ3v) is 4.65. The molecular weight excluding hydrogens is 388 g/mol. The van der Waals surface area contributed by atoms with Crippen LogP contribution in [-0.4, -0.2) is 25.4 Å². The van der Waals surface area contributed by atoms with Crippen LogP contribution in [0.1, 0.15) is 63.0 Å². The van der Waals surface area contributed by atoms with Crippen LogP contribution in [0.5, 0.6) is 0 Å². The van der Waals surface area contributed by atoms with Crippen molar-refractivity contribution >= 4 is 16.8 Å². The van der Waals surface area contributed by atoms with E-state index in [-0.39, 0.29) is 16.5 Å². The van der Waals surface area contributed by atoms with Gasteiger partial charge >= 0.3 is 5.69 Å². The third kappa shape index (κ3) is 6.12. The SMILES string of the molecule is CC(C)(C)c1ccc(-n2nn[nH]c2=O)cc1.CC(C)(C)c1ccc(C(=O)Cl)cc1. The monoisotopic (exact) mass is 414 g/mol. The Morgan fingerprint density at radius 2 is 1.31 bits per heavy atom. The molecule has 1 N–H and O–H groups in total. The number of aromatic amines is 1. The Labute approximate surface area is 175 Å². The highest BCUT2D eigenvalue weighted by Gasteiger charge is 2.14. The summed E-state index contributed by atoms with van der Waals surface area (Å²) in [6.45, 7) is 12.8. The van der Waals surface area contributed by atoms with E-state index in [4.69, 9.17) is 11.6 Å². The first-order valence-electron chi connectivity index (χ1n) is 9.31. The van der Waals surface area contributed by atoms with Gasteiger partial charge in [-0.2, -0.15) is 4.68 Å². The van der Waals surface area contributed by atoms with Crippen molar-refractivity contribution < 1.29 is 4.79 Å². The number of nitrogens with one attached hydrogen (secondary N) is 1. The fourth-order valence-electron chi connectivity index (χ4n) is 2.57. The first-order chi connectivity index (χ1) is 13.4. The molecular formula is C22H27ClN4O2. The highest BCUT2D eigenvalue weighted by atomic mass is 35.5. The lowest BCUT2D eigenvalue weighted by atomic mass is 9.87. The van der Waals surface area contributed by atoms with E-state index in [0.29, 0.717) is 11.3 Å². The number of hydrogen-bond donors (Lipinski definition) is 1. The number of carbonyl (C=O) groups excluding carboxylic acids is 1. The minimum Gasteiger partial charge on any atom is -0.276 e. The minimum absolute atomic E-state index is 0.104. The summed E-state index contributed by atoms with van der Waals surface area (Å²) in [6.07, 6.45) is 0. The van der Waals surface area contributed by atoms with Crippen molar-refractivity contribution in [3.05, 3.63) is 75.7 Å². The molecule has 1 aromatic heterocycles. The molecule has 7 heteroatoms. The predicted molar refractivity (Wildman–Crippen MR) is 116 cm³/mol. The smallest absolute Gasteiger partial charge is 0.276 e.